The molecule has 0 aromatic heterocycles. The smallest absolute Gasteiger partial charge is 0.294 e. The SMILES string of the molecule is CCc1ccc(C(=O)CCC(F)(F)F)cc1CC. The number of aryl methyl sites for hydroxylation is 2. The molecule has 1 aromatic rings. The van der Waals surface area contributed by atoms with Gasteiger partial charge in [-0.1, -0.05) is 26.0 Å². The second kappa shape index (κ2) is 6.03. The summed E-state index contributed by atoms with van der Waals surface area (Å²) in [5.74, 6) is -0.440. The van der Waals surface area contributed by atoms with Crippen molar-refractivity contribution in [1.82, 2.24) is 0 Å². The third-order valence-electron chi connectivity index (χ3n) is 2.93. The van der Waals surface area contributed by atoms with E-state index in [1.165, 1.54) is 0 Å². The molecule has 0 aliphatic heterocycles. The van der Waals surface area contributed by atoms with Crippen molar-refractivity contribution in [2.45, 2.75) is 45.7 Å². The summed E-state index contributed by atoms with van der Waals surface area (Å²) in [5, 5.41) is 0. The number of Topliss-reactive ketones (excluding diaryl/α,β-unsaturated/α-hetero) is 1. The fourth-order valence-electron chi connectivity index (χ4n) is 1.87. The van der Waals surface area contributed by atoms with Crippen molar-refractivity contribution in [2.24, 2.45) is 0 Å². The summed E-state index contributed by atoms with van der Waals surface area (Å²) in [5.41, 5.74) is 2.56. The van der Waals surface area contributed by atoms with Gasteiger partial charge in [-0.3, -0.25) is 4.79 Å². The predicted molar refractivity (Wildman–Crippen MR) is 64.8 cm³/mol. The zero-order valence-electron chi connectivity index (χ0n) is 10.6. The summed E-state index contributed by atoms with van der Waals surface area (Å²) in [6.07, 6.45) is -4.16. The first kappa shape index (κ1) is 14.7. The highest BCUT2D eigenvalue weighted by atomic mass is 19.4. The van der Waals surface area contributed by atoms with Gasteiger partial charge in [0.05, 0.1) is 6.42 Å². The quantitative estimate of drug-likeness (QED) is 0.718. The molecule has 18 heavy (non-hydrogen) atoms. The van der Waals surface area contributed by atoms with Gasteiger partial charge in [-0.25, -0.2) is 0 Å². The van der Waals surface area contributed by atoms with Gasteiger partial charge in [0.1, 0.15) is 0 Å². The van der Waals surface area contributed by atoms with E-state index in [1.54, 1.807) is 12.1 Å². The van der Waals surface area contributed by atoms with E-state index in [4.69, 9.17) is 0 Å². The number of benzene rings is 1. The van der Waals surface area contributed by atoms with Crippen LogP contribution in [0.4, 0.5) is 13.2 Å². The van der Waals surface area contributed by atoms with Crippen molar-refractivity contribution in [3.8, 4) is 0 Å². The molecule has 0 aliphatic rings. The van der Waals surface area contributed by atoms with Gasteiger partial charge in [0.2, 0.25) is 0 Å². The summed E-state index contributed by atoms with van der Waals surface area (Å²) in [6.45, 7) is 3.98. The fraction of sp³-hybridized carbons (Fsp3) is 0.500. The van der Waals surface area contributed by atoms with Gasteiger partial charge in [-0.15, -0.1) is 0 Å². The minimum Gasteiger partial charge on any atom is -0.294 e. The van der Waals surface area contributed by atoms with E-state index >= 15 is 0 Å². The normalized spacial score (nSPS) is 11.6. The molecule has 0 N–H and O–H groups in total. The van der Waals surface area contributed by atoms with E-state index in [9.17, 15) is 18.0 Å². The molecule has 0 spiro atoms. The first-order chi connectivity index (χ1) is 8.37. The maximum absolute atomic E-state index is 12.0. The van der Waals surface area contributed by atoms with Crippen LogP contribution in [-0.4, -0.2) is 12.0 Å². The molecule has 1 nitrogen and oxygen atoms in total. The molecule has 4 heteroatoms. The number of carbonyl (C=O) groups excluding carboxylic acids is 1. The Morgan fingerprint density at radius 2 is 1.72 bits per heavy atom. The van der Waals surface area contributed by atoms with Gasteiger partial charge < -0.3 is 0 Å². The molecule has 0 aliphatic carbocycles. The van der Waals surface area contributed by atoms with Crippen molar-refractivity contribution in [3.05, 3.63) is 34.9 Å². The van der Waals surface area contributed by atoms with Crippen LogP contribution in [0.3, 0.4) is 0 Å². The van der Waals surface area contributed by atoms with Crippen molar-refractivity contribution < 1.29 is 18.0 Å². The number of carbonyl (C=O) groups is 1. The summed E-state index contributed by atoms with van der Waals surface area (Å²) in [4.78, 5) is 11.7. The van der Waals surface area contributed by atoms with Gasteiger partial charge in [0, 0.05) is 12.0 Å². The zero-order valence-corrected chi connectivity index (χ0v) is 10.6. The van der Waals surface area contributed by atoms with Gasteiger partial charge in [-0.2, -0.15) is 13.2 Å². The second-order valence-corrected chi connectivity index (χ2v) is 4.23. The van der Waals surface area contributed by atoms with Gasteiger partial charge in [-0.05, 0) is 30.0 Å². The molecule has 0 bridgehead atoms. The predicted octanol–water partition coefficient (Wildman–Crippen LogP) is 4.34. The Morgan fingerprint density at radius 3 is 2.22 bits per heavy atom. The average molecular weight is 258 g/mol. The van der Waals surface area contributed by atoms with Gasteiger partial charge in [0.15, 0.2) is 5.78 Å². The van der Waals surface area contributed by atoms with E-state index < -0.39 is 24.8 Å². The number of hydrogen-bond acceptors (Lipinski definition) is 1. The van der Waals surface area contributed by atoms with Crippen molar-refractivity contribution in [2.75, 3.05) is 0 Å². The molecular formula is C14H17F3O. The monoisotopic (exact) mass is 258 g/mol. The van der Waals surface area contributed by atoms with Gasteiger partial charge >= 0.3 is 6.18 Å². The Bertz CT molecular complexity index is 422. The number of rotatable bonds is 5. The van der Waals surface area contributed by atoms with Crippen LogP contribution in [0.15, 0.2) is 18.2 Å². The van der Waals surface area contributed by atoms with E-state index in [-0.39, 0.29) is 0 Å². The highest BCUT2D eigenvalue weighted by molar-refractivity contribution is 5.96. The van der Waals surface area contributed by atoms with Crippen LogP contribution in [0, 0.1) is 0 Å². The average Bonchev–Trinajstić information content (AvgIpc) is 2.34. The minimum atomic E-state index is -4.27. The number of ketones is 1. The lowest BCUT2D eigenvalue weighted by Crippen LogP contribution is -2.11. The Hall–Kier alpha value is -1.32. The van der Waals surface area contributed by atoms with E-state index in [1.807, 2.05) is 19.9 Å². The standard InChI is InChI=1S/C14H17F3O/c1-3-10-5-6-12(9-11(10)4-2)13(18)7-8-14(15,16)17/h5-6,9H,3-4,7-8H2,1-2H3. The van der Waals surface area contributed by atoms with Crippen LogP contribution in [0.2, 0.25) is 0 Å². The molecule has 100 valence electrons. The van der Waals surface area contributed by atoms with Crippen LogP contribution in [0.25, 0.3) is 0 Å². The second-order valence-electron chi connectivity index (χ2n) is 4.23. The van der Waals surface area contributed by atoms with Crippen LogP contribution in [-0.2, 0) is 12.8 Å². The molecule has 0 saturated carbocycles. The van der Waals surface area contributed by atoms with Crippen molar-refractivity contribution in [1.29, 1.82) is 0 Å². The maximum Gasteiger partial charge on any atom is 0.389 e. The van der Waals surface area contributed by atoms with Crippen molar-refractivity contribution in [3.63, 3.8) is 0 Å². The van der Waals surface area contributed by atoms with Crippen LogP contribution in [0.1, 0.15) is 48.2 Å². The lowest BCUT2D eigenvalue weighted by atomic mass is 9.97. The van der Waals surface area contributed by atoms with Crippen molar-refractivity contribution >= 4 is 5.78 Å². The largest absolute Gasteiger partial charge is 0.389 e. The lowest BCUT2D eigenvalue weighted by molar-refractivity contribution is -0.133. The number of alkyl halides is 3. The first-order valence-corrected chi connectivity index (χ1v) is 6.09. The third-order valence-corrected chi connectivity index (χ3v) is 2.93. The summed E-state index contributed by atoms with van der Waals surface area (Å²) < 4.78 is 36.1. The molecule has 0 fully saturated rings. The van der Waals surface area contributed by atoms with E-state index in [2.05, 4.69) is 0 Å². The summed E-state index contributed by atoms with van der Waals surface area (Å²) >= 11 is 0. The minimum absolute atomic E-state index is 0.383. The number of halogens is 3. The van der Waals surface area contributed by atoms with E-state index in [0.29, 0.717) is 5.56 Å². The zero-order chi connectivity index (χ0) is 13.8. The topological polar surface area (TPSA) is 17.1 Å². The molecule has 0 amide bonds. The maximum atomic E-state index is 12.0. The van der Waals surface area contributed by atoms with Crippen LogP contribution in [0.5, 0.6) is 0 Å². The Kier molecular flexibility index (Phi) is 4.93. The first-order valence-electron chi connectivity index (χ1n) is 6.09. The molecule has 0 heterocycles. The van der Waals surface area contributed by atoms with Crippen LogP contribution >= 0.6 is 0 Å². The summed E-state index contributed by atoms with van der Waals surface area (Å²) in [6, 6.07) is 5.17. The highest BCUT2D eigenvalue weighted by Crippen LogP contribution is 2.23. The Morgan fingerprint density at radius 1 is 1.11 bits per heavy atom. The molecule has 1 aromatic carbocycles. The molecule has 1 rings (SSSR count). The Labute approximate surface area is 105 Å². The molecule has 0 atom stereocenters. The molecule has 0 radical (unpaired) electrons. The molecule has 0 saturated heterocycles. The third kappa shape index (κ3) is 4.17. The molecular weight excluding hydrogens is 241 g/mol. The number of hydrogen-bond donors (Lipinski definition) is 0. The molecule has 0 unspecified atom stereocenters. The Balaban J connectivity index is 2.80. The van der Waals surface area contributed by atoms with E-state index in [0.717, 1.165) is 24.0 Å². The van der Waals surface area contributed by atoms with Gasteiger partial charge in [0.25, 0.3) is 0 Å². The highest BCUT2D eigenvalue weighted by Gasteiger charge is 2.28. The summed E-state index contributed by atoms with van der Waals surface area (Å²) in [7, 11) is 0. The van der Waals surface area contributed by atoms with Crippen LogP contribution < -0.4 is 0 Å². The fourth-order valence-corrected chi connectivity index (χ4v) is 1.87. The lowest BCUT2D eigenvalue weighted by Gasteiger charge is -2.09.